The number of nitrogens with one attached hydrogen (secondary N) is 1. The molecule has 4 rings (SSSR count). The van der Waals surface area contributed by atoms with Gasteiger partial charge in [-0.15, -0.1) is 0 Å². The summed E-state index contributed by atoms with van der Waals surface area (Å²) in [5, 5.41) is 5.34. The van der Waals surface area contributed by atoms with E-state index in [-0.39, 0.29) is 17.9 Å². The van der Waals surface area contributed by atoms with E-state index >= 15 is 0 Å². The van der Waals surface area contributed by atoms with E-state index in [0.717, 1.165) is 36.5 Å². The van der Waals surface area contributed by atoms with Gasteiger partial charge in [0.15, 0.2) is 0 Å². The first-order valence-corrected chi connectivity index (χ1v) is 12.8. The lowest BCUT2D eigenvalue weighted by Crippen LogP contribution is -2.45. The molecule has 8 heteroatoms. The summed E-state index contributed by atoms with van der Waals surface area (Å²) in [7, 11) is 6.08. The number of nitrogen functional groups attached to an aromatic ring is 1. The Hall–Kier alpha value is -3.55. The number of rotatable bonds is 8. The van der Waals surface area contributed by atoms with Gasteiger partial charge in [-0.1, -0.05) is 49.6 Å². The summed E-state index contributed by atoms with van der Waals surface area (Å²) in [6, 6.07) is 11.1. The lowest BCUT2D eigenvalue weighted by Gasteiger charge is -2.35. The minimum Gasteiger partial charge on any atom is -0.397 e. The zero-order chi connectivity index (χ0) is 25.7. The molecule has 36 heavy (non-hydrogen) atoms. The average molecular weight is 483 g/mol. The van der Waals surface area contributed by atoms with Crippen LogP contribution >= 0.6 is 0 Å². The van der Waals surface area contributed by atoms with Crippen molar-refractivity contribution < 1.29 is 9.59 Å². The van der Waals surface area contributed by atoms with Gasteiger partial charge >= 0.3 is 0 Å². The topological polar surface area (TPSA) is 91.6 Å². The average Bonchev–Trinajstić information content (AvgIpc) is 2.89. The number of nitrogens with two attached hydrogens (primary N) is 1. The van der Waals surface area contributed by atoms with Gasteiger partial charge in [-0.25, -0.2) is 0 Å². The second kappa shape index (κ2) is 11.5. The molecular formula is C28H34BN5O2. The van der Waals surface area contributed by atoms with Gasteiger partial charge < -0.3 is 20.9 Å². The first-order valence-electron chi connectivity index (χ1n) is 12.8. The number of carbonyl (C=O) groups excluding carboxylic acids is 2. The highest BCUT2D eigenvalue weighted by Gasteiger charge is 2.28. The summed E-state index contributed by atoms with van der Waals surface area (Å²) in [6.07, 6.45) is 6.87. The van der Waals surface area contributed by atoms with Crippen LogP contribution in [-0.4, -0.2) is 66.7 Å². The Balaban J connectivity index is 1.57. The predicted molar refractivity (Wildman–Crippen MR) is 147 cm³/mol. The lowest BCUT2D eigenvalue weighted by atomic mass is 9.91. The molecule has 186 valence electrons. The number of aromatic nitrogens is 1. The number of amides is 2. The highest BCUT2D eigenvalue weighted by atomic mass is 16.2. The Morgan fingerprint density at radius 3 is 2.64 bits per heavy atom. The minimum atomic E-state index is -0.0780. The van der Waals surface area contributed by atoms with Gasteiger partial charge in [-0.2, -0.15) is 0 Å². The van der Waals surface area contributed by atoms with Gasteiger partial charge in [0.1, 0.15) is 7.85 Å². The molecule has 1 fully saturated rings. The van der Waals surface area contributed by atoms with Crippen molar-refractivity contribution >= 4 is 47.3 Å². The zero-order valence-corrected chi connectivity index (χ0v) is 21.2. The molecule has 0 spiro atoms. The maximum atomic E-state index is 13.5. The van der Waals surface area contributed by atoms with E-state index in [9.17, 15) is 9.59 Å². The van der Waals surface area contributed by atoms with Crippen molar-refractivity contribution in [1.29, 1.82) is 0 Å². The van der Waals surface area contributed by atoms with E-state index in [4.69, 9.17) is 13.6 Å². The van der Waals surface area contributed by atoms with Crippen molar-refractivity contribution in [1.82, 2.24) is 14.8 Å². The molecule has 1 aromatic heterocycles. The lowest BCUT2D eigenvalue weighted by molar-refractivity contribution is 0.0713. The molecule has 0 bridgehead atoms. The SMILES string of the molecule is [B]c1cc(N)c(NC2CCCN(C(=O)c3cncc4ccccc34)C2)c(C(=O)N(CCC)CCC)c1. The summed E-state index contributed by atoms with van der Waals surface area (Å²) < 4.78 is 0. The Morgan fingerprint density at radius 2 is 1.89 bits per heavy atom. The number of hydrogen-bond acceptors (Lipinski definition) is 5. The van der Waals surface area contributed by atoms with Crippen molar-refractivity contribution in [3.63, 3.8) is 0 Å². The molecule has 1 aliphatic heterocycles. The van der Waals surface area contributed by atoms with Crippen LogP contribution in [0.3, 0.4) is 0 Å². The molecule has 1 saturated heterocycles. The van der Waals surface area contributed by atoms with Crippen molar-refractivity contribution in [2.24, 2.45) is 0 Å². The van der Waals surface area contributed by atoms with Crippen LogP contribution in [-0.2, 0) is 0 Å². The molecule has 2 amide bonds. The number of nitrogens with zero attached hydrogens (tertiary/aromatic N) is 3. The molecule has 1 atom stereocenters. The largest absolute Gasteiger partial charge is 0.397 e. The van der Waals surface area contributed by atoms with E-state index in [1.54, 1.807) is 24.5 Å². The molecule has 3 N–H and O–H groups in total. The summed E-state index contributed by atoms with van der Waals surface area (Å²) in [6.45, 7) is 6.64. The Kier molecular flexibility index (Phi) is 8.13. The highest BCUT2D eigenvalue weighted by Crippen LogP contribution is 2.28. The van der Waals surface area contributed by atoms with Crippen LogP contribution in [0.4, 0.5) is 11.4 Å². The van der Waals surface area contributed by atoms with Crippen molar-refractivity contribution in [2.45, 2.75) is 45.6 Å². The summed E-state index contributed by atoms with van der Waals surface area (Å²) in [4.78, 5) is 35.0. The second-order valence-electron chi connectivity index (χ2n) is 9.47. The molecule has 0 aliphatic carbocycles. The molecule has 1 aliphatic rings. The summed E-state index contributed by atoms with van der Waals surface area (Å²) in [5.41, 5.74) is 8.95. The van der Waals surface area contributed by atoms with E-state index in [2.05, 4.69) is 24.1 Å². The third-order valence-corrected chi connectivity index (χ3v) is 6.65. The number of fused-ring (bicyclic) bond motifs is 1. The number of pyridine rings is 1. The van der Waals surface area contributed by atoms with Gasteiger partial charge in [0.25, 0.3) is 11.8 Å². The monoisotopic (exact) mass is 483 g/mol. The smallest absolute Gasteiger partial charge is 0.256 e. The van der Waals surface area contributed by atoms with Gasteiger partial charge in [0.2, 0.25) is 0 Å². The normalized spacial score (nSPS) is 15.6. The van der Waals surface area contributed by atoms with E-state index in [0.29, 0.717) is 54.1 Å². The molecule has 7 nitrogen and oxygen atoms in total. The molecule has 2 heterocycles. The van der Waals surface area contributed by atoms with Crippen LogP contribution < -0.4 is 16.5 Å². The number of anilines is 2. The second-order valence-corrected chi connectivity index (χ2v) is 9.47. The van der Waals surface area contributed by atoms with Gasteiger partial charge in [0.05, 0.1) is 22.5 Å². The van der Waals surface area contributed by atoms with Crippen LogP contribution in [0, 0.1) is 0 Å². The van der Waals surface area contributed by atoms with E-state index in [1.807, 2.05) is 34.1 Å². The first kappa shape index (κ1) is 25.5. The van der Waals surface area contributed by atoms with Crippen LogP contribution in [0.1, 0.15) is 60.2 Å². The predicted octanol–water partition coefficient (Wildman–Crippen LogP) is 3.59. The molecule has 3 aromatic rings. The maximum Gasteiger partial charge on any atom is 0.256 e. The maximum absolute atomic E-state index is 13.5. The molecule has 2 aromatic carbocycles. The fourth-order valence-corrected chi connectivity index (χ4v) is 4.98. The minimum absolute atomic E-state index is 0.0376. The standard InChI is InChI=1S/C28H34BN5O2/c1-3-11-33(12-4-2)27(35)23-14-20(29)15-25(30)26(23)32-21-9-7-13-34(18-21)28(36)24-17-31-16-19-8-5-6-10-22(19)24/h5-6,8,10,14-17,21,32H,3-4,7,9,11-13,18,30H2,1-2H3. The fourth-order valence-electron chi connectivity index (χ4n) is 4.98. The van der Waals surface area contributed by atoms with Crippen molar-refractivity contribution in [2.75, 3.05) is 37.2 Å². The zero-order valence-electron chi connectivity index (χ0n) is 21.2. The Morgan fingerprint density at radius 1 is 1.14 bits per heavy atom. The van der Waals surface area contributed by atoms with E-state index < -0.39 is 0 Å². The number of piperidine rings is 1. The Bertz CT molecular complexity index is 1240. The van der Waals surface area contributed by atoms with Crippen LogP contribution in [0.2, 0.25) is 0 Å². The molecule has 0 saturated carbocycles. The van der Waals surface area contributed by atoms with Crippen molar-refractivity contribution in [3.05, 3.63) is 59.9 Å². The van der Waals surface area contributed by atoms with Crippen molar-refractivity contribution in [3.8, 4) is 0 Å². The summed E-state index contributed by atoms with van der Waals surface area (Å²) >= 11 is 0. The quantitative estimate of drug-likeness (QED) is 0.378. The highest BCUT2D eigenvalue weighted by molar-refractivity contribution is 6.33. The van der Waals surface area contributed by atoms with Gasteiger partial charge in [0, 0.05) is 50.0 Å². The van der Waals surface area contributed by atoms with Gasteiger partial charge in [-0.05, 0) is 37.1 Å². The molecule has 2 radical (unpaired) electrons. The van der Waals surface area contributed by atoms with Crippen LogP contribution in [0.25, 0.3) is 10.8 Å². The van der Waals surface area contributed by atoms with Crippen LogP contribution in [0.5, 0.6) is 0 Å². The number of carbonyl (C=O) groups is 2. The molecular weight excluding hydrogens is 449 g/mol. The number of likely N-dealkylation sites (tertiary alicyclic amines) is 1. The van der Waals surface area contributed by atoms with Crippen LogP contribution in [0.15, 0.2) is 48.8 Å². The molecule has 1 unspecified atom stereocenters. The first-order chi connectivity index (χ1) is 17.4. The fraction of sp³-hybridized carbons (Fsp3) is 0.393. The summed E-state index contributed by atoms with van der Waals surface area (Å²) in [5.74, 6) is -0.116. The Labute approximate surface area is 214 Å². The van der Waals surface area contributed by atoms with Gasteiger partial charge in [-0.3, -0.25) is 14.6 Å². The third-order valence-electron chi connectivity index (χ3n) is 6.65. The number of hydrogen-bond donors (Lipinski definition) is 2. The third kappa shape index (κ3) is 5.48. The van der Waals surface area contributed by atoms with E-state index in [1.165, 1.54) is 0 Å². The number of benzene rings is 2.